The van der Waals surface area contributed by atoms with E-state index in [1.165, 1.54) is 0 Å². The number of hydrogen-bond acceptors (Lipinski definition) is 4. The van der Waals surface area contributed by atoms with Crippen LogP contribution in [-0.2, 0) is 15.9 Å². The number of benzene rings is 1. The summed E-state index contributed by atoms with van der Waals surface area (Å²) in [6, 6.07) is 5.81. The van der Waals surface area contributed by atoms with E-state index in [1.807, 2.05) is 18.2 Å². The zero-order chi connectivity index (χ0) is 14.4. The van der Waals surface area contributed by atoms with Crippen molar-refractivity contribution in [2.45, 2.75) is 38.4 Å². The number of unbranched alkanes of at least 4 members (excludes halogenated alkanes) is 1. The summed E-state index contributed by atoms with van der Waals surface area (Å²) in [4.78, 5) is 0. The predicted molar refractivity (Wildman–Crippen MR) is 77.1 cm³/mol. The minimum Gasteiger partial charge on any atom is -0.497 e. The van der Waals surface area contributed by atoms with Crippen LogP contribution >= 0.6 is 0 Å². The second-order valence-corrected chi connectivity index (χ2v) is 5.09. The lowest BCUT2D eigenvalue weighted by molar-refractivity contribution is -0.0485. The van der Waals surface area contributed by atoms with Gasteiger partial charge in [0.15, 0.2) is 0 Å². The highest BCUT2D eigenvalue weighted by Crippen LogP contribution is 2.35. The first-order chi connectivity index (χ1) is 9.76. The van der Waals surface area contributed by atoms with Crippen molar-refractivity contribution in [3.8, 4) is 5.75 Å². The van der Waals surface area contributed by atoms with Crippen molar-refractivity contribution in [2.75, 3.05) is 26.9 Å². The quantitative estimate of drug-likeness (QED) is 0.743. The van der Waals surface area contributed by atoms with Crippen LogP contribution in [0.5, 0.6) is 5.75 Å². The van der Waals surface area contributed by atoms with Gasteiger partial charge >= 0.3 is 0 Å². The molecule has 0 amide bonds. The molecule has 1 aromatic rings. The smallest absolute Gasteiger partial charge is 0.119 e. The first kappa shape index (κ1) is 15.3. The Hall–Kier alpha value is -1.10. The van der Waals surface area contributed by atoms with E-state index in [1.54, 1.807) is 7.11 Å². The molecule has 2 atom stereocenters. The summed E-state index contributed by atoms with van der Waals surface area (Å²) in [5.74, 6) is 0.770. The highest BCUT2D eigenvalue weighted by atomic mass is 16.5. The Labute approximate surface area is 120 Å². The molecule has 2 rings (SSSR count). The number of methoxy groups -OCH3 is 1. The lowest BCUT2D eigenvalue weighted by atomic mass is 10.1. The van der Waals surface area contributed by atoms with Crippen LogP contribution in [-0.4, -0.2) is 38.1 Å². The van der Waals surface area contributed by atoms with Crippen molar-refractivity contribution in [1.82, 2.24) is 0 Å². The molecule has 0 aromatic heterocycles. The molecule has 1 aromatic carbocycles. The van der Waals surface area contributed by atoms with E-state index >= 15 is 0 Å². The fourth-order valence-corrected chi connectivity index (χ4v) is 2.45. The largest absolute Gasteiger partial charge is 0.497 e. The molecule has 1 aliphatic rings. The third-order valence-electron chi connectivity index (χ3n) is 3.65. The Morgan fingerprint density at radius 3 is 2.85 bits per heavy atom. The van der Waals surface area contributed by atoms with Gasteiger partial charge in [0.25, 0.3) is 0 Å². The number of rotatable bonds is 8. The second kappa shape index (κ2) is 7.62. The molecule has 4 nitrogen and oxygen atoms in total. The maximum atomic E-state index is 10.3. The average Bonchev–Trinajstić information content (AvgIpc) is 2.79. The minimum atomic E-state index is -0.573. The lowest BCUT2D eigenvalue weighted by Gasteiger charge is -2.16. The monoisotopic (exact) mass is 280 g/mol. The summed E-state index contributed by atoms with van der Waals surface area (Å²) in [7, 11) is 1.63. The highest BCUT2D eigenvalue weighted by molar-refractivity contribution is 5.41. The predicted octanol–water partition coefficient (Wildman–Crippen LogP) is 2.49. The lowest BCUT2D eigenvalue weighted by Crippen LogP contribution is -2.20. The summed E-state index contributed by atoms with van der Waals surface area (Å²) in [5, 5.41) is 10.3. The van der Waals surface area contributed by atoms with Crippen molar-refractivity contribution in [3.63, 3.8) is 0 Å². The molecule has 112 valence electrons. The summed E-state index contributed by atoms with van der Waals surface area (Å²) < 4.78 is 16.4. The van der Waals surface area contributed by atoms with Gasteiger partial charge in [0.1, 0.15) is 11.9 Å². The Morgan fingerprint density at radius 1 is 1.25 bits per heavy atom. The molecule has 0 bridgehead atoms. The zero-order valence-corrected chi connectivity index (χ0v) is 12.3. The van der Waals surface area contributed by atoms with E-state index in [-0.39, 0.29) is 6.10 Å². The molecule has 1 aliphatic carbocycles. The molecule has 0 heterocycles. The van der Waals surface area contributed by atoms with Gasteiger partial charge in [0, 0.05) is 13.0 Å². The van der Waals surface area contributed by atoms with E-state index in [4.69, 9.17) is 14.2 Å². The van der Waals surface area contributed by atoms with Crippen molar-refractivity contribution in [1.29, 1.82) is 0 Å². The standard InChI is InChI=1S/C16H24O4/c1-3-4-7-19-8-9-20-15-10-12-5-6-13(18-2)11-14(12)16(15)17/h5-6,11,15-17H,3-4,7-10H2,1-2H3. The Kier molecular flexibility index (Phi) is 5.83. The van der Waals surface area contributed by atoms with E-state index < -0.39 is 6.10 Å². The molecule has 0 aliphatic heterocycles. The Morgan fingerprint density at radius 2 is 2.10 bits per heavy atom. The van der Waals surface area contributed by atoms with Crippen LogP contribution in [0.3, 0.4) is 0 Å². The van der Waals surface area contributed by atoms with Gasteiger partial charge in [0.05, 0.1) is 26.4 Å². The summed E-state index contributed by atoms with van der Waals surface area (Å²) >= 11 is 0. The molecule has 4 heteroatoms. The van der Waals surface area contributed by atoms with Crippen LogP contribution in [0.25, 0.3) is 0 Å². The Bertz CT molecular complexity index is 419. The van der Waals surface area contributed by atoms with Crippen molar-refractivity contribution >= 4 is 0 Å². The number of fused-ring (bicyclic) bond motifs is 1. The first-order valence-corrected chi connectivity index (χ1v) is 7.30. The topological polar surface area (TPSA) is 47.9 Å². The molecular formula is C16H24O4. The number of ether oxygens (including phenoxy) is 3. The van der Waals surface area contributed by atoms with E-state index in [0.717, 1.165) is 42.7 Å². The van der Waals surface area contributed by atoms with E-state index in [0.29, 0.717) is 13.2 Å². The number of aliphatic hydroxyl groups excluding tert-OH is 1. The van der Waals surface area contributed by atoms with Crippen LogP contribution in [0, 0.1) is 0 Å². The van der Waals surface area contributed by atoms with Gasteiger partial charge in [-0.2, -0.15) is 0 Å². The van der Waals surface area contributed by atoms with Crippen LogP contribution in [0.15, 0.2) is 18.2 Å². The fraction of sp³-hybridized carbons (Fsp3) is 0.625. The molecule has 0 radical (unpaired) electrons. The van der Waals surface area contributed by atoms with Crippen LogP contribution < -0.4 is 4.74 Å². The minimum absolute atomic E-state index is 0.174. The van der Waals surface area contributed by atoms with Crippen molar-refractivity contribution < 1.29 is 19.3 Å². The third kappa shape index (κ3) is 3.72. The molecule has 2 unspecified atom stereocenters. The van der Waals surface area contributed by atoms with Crippen molar-refractivity contribution in [2.24, 2.45) is 0 Å². The summed E-state index contributed by atoms with van der Waals surface area (Å²) in [6.45, 7) is 4.03. The SMILES string of the molecule is CCCCOCCOC1Cc2ccc(OC)cc2C1O. The maximum Gasteiger partial charge on any atom is 0.119 e. The second-order valence-electron chi connectivity index (χ2n) is 5.09. The van der Waals surface area contributed by atoms with Gasteiger partial charge < -0.3 is 19.3 Å². The number of hydrogen-bond donors (Lipinski definition) is 1. The Balaban J connectivity index is 1.78. The van der Waals surface area contributed by atoms with Gasteiger partial charge in [-0.1, -0.05) is 19.4 Å². The molecule has 0 saturated carbocycles. The van der Waals surface area contributed by atoms with E-state index in [2.05, 4.69) is 6.92 Å². The number of aliphatic hydroxyl groups is 1. The first-order valence-electron chi connectivity index (χ1n) is 7.30. The van der Waals surface area contributed by atoms with Crippen LogP contribution in [0.1, 0.15) is 37.0 Å². The summed E-state index contributed by atoms with van der Waals surface area (Å²) in [5.41, 5.74) is 2.05. The van der Waals surface area contributed by atoms with E-state index in [9.17, 15) is 5.11 Å². The fourth-order valence-electron chi connectivity index (χ4n) is 2.45. The third-order valence-corrected chi connectivity index (χ3v) is 3.65. The molecule has 20 heavy (non-hydrogen) atoms. The van der Waals surface area contributed by atoms with Gasteiger partial charge in [-0.25, -0.2) is 0 Å². The molecular weight excluding hydrogens is 256 g/mol. The zero-order valence-electron chi connectivity index (χ0n) is 12.3. The molecule has 1 N–H and O–H groups in total. The van der Waals surface area contributed by atoms with Crippen LogP contribution in [0.4, 0.5) is 0 Å². The van der Waals surface area contributed by atoms with Crippen LogP contribution in [0.2, 0.25) is 0 Å². The highest BCUT2D eigenvalue weighted by Gasteiger charge is 2.31. The maximum absolute atomic E-state index is 10.3. The summed E-state index contributed by atoms with van der Waals surface area (Å²) in [6.07, 6.45) is 2.22. The van der Waals surface area contributed by atoms with Gasteiger partial charge in [-0.3, -0.25) is 0 Å². The van der Waals surface area contributed by atoms with Gasteiger partial charge in [-0.15, -0.1) is 0 Å². The average molecular weight is 280 g/mol. The molecule has 0 saturated heterocycles. The molecule has 0 spiro atoms. The van der Waals surface area contributed by atoms with Crippen molar-refractivity contribution in [3.05, 3.63) is 29.3 Å². The molecule has 0 fully saturated rings. The van der Waals surface area contributed by atoms with Gasteiger partial charge in [-0.05, 0) is 29.7 Å². The van der Waals surface area contributed by atoms with Gasteiger partial charge in [0.2, 0.25) is 0 Å². The normalized spacial score (nSPS) is 20.9.